The first-order chi connectivity index (χ1) is 8.19. The van der Waals surface area contributed by atoms with Crippen molar-refractivity contribution in [3.63, 3.8) is 0 Å². The lowest BCUT2D eigenvalue weighted by Gasteiger charge is -2.17. The van der Waals surface area contributed by atoms with E-state index < -0.39 is 0 Å². The molecular formula is C14H22N2O. The number of aromatic nitrogens is 1. The molecule has 1 rings (SSSR count). The van der Waals surface area contributed by atoms with E-state index in [2.05, 4.69) is 43.2 Å². The molecule has 0 fully saturated rings. The summed E-state index contributed by atoms with van der Waals surface area (Å²) in [5.41, 5.74) is 2.37. The zero-order valence-corrected chi connectivity index (χ0v) is 11.2. The van der Waals surface area contributed by atoms with Gasteiger partial charge in [-0.1, -0.05) is 24.6 Å². The second-order valence-corrected chi connectivity index (χ2v) is 4.28. The predicted molar refractivity (Wildman–Crippen MR) is 71.3 cm³/mol. The van der Waals surface area contributed by atoms with Crippen molar-refractivity contribution in [3.8, 4) is 5.88 Å². The van der Waals surface area contributed by atoms with Crippen LogP contribution < -0.4 is 10.1 Å². The SMILES string of the molecule is CCCNC(C=C(C)C)c1cccnc1OC. The lowest BCUT2D eigenvalue weighted by Crippen LogP contribution is -2.21. The normalized spacial score (nSPS) is 12.0. The average molecular weight is 234 g/mol. The molecular weight excluding hydrogens is 212 g/mol. The zero-order chi connectivity index (χ0) is 12.7. The molecule has 0 aliphatic rings. The fourth-order valence-corrected chi connectivity index (χ4v) is 1.70. The number of nitrogens with zero attached hydrogens (tertiary/aromatic N) is 1. The highest BCUT2D eigenvalue weighted by molar-refractivity contribution is 5.32. The van der Waals surface area contributed by atoms with Crippen molar-refractivity contribution in [1.82, 2.24) is 10.3 Å². The fourth-order valence-electron chi connectivity index (χ4n) is 1.70. The molecule has 0 amide bonds. The smallest absolute Gasteiger partial charge is 0.218 e. The molecule has 94 valence electrons. The topological polar surface area (TPSA) is 34.2 Å². The number of hydrogen-bond acceptors (Lipinski definition) is 3. The predicted octanol–water partition coefficient (Wildman–Crippen LogP) is 3.10. The van der Waals surface area contributed by atoms with Crippen molar-refractivity contribution in [3.05, 3.63) is 35.5 Å². The first kappa shape index (κ1) is 13.7. The van der Waals surface area contributed by atoms with Gasteiger partial charge in [0, 0.05) is 11.8 Å². The van der Waals surface area contributed by atoms with Gasteiger partial charge in [0.25, 0.3) is 0 Å². The molecule has 0 spiro atoms. The number of allylic oxidation sites excluding steroid dienone is 1. The molecule has 0 saturated heterocycles. The molecule has 0 aromatic carbocycles. The van der Waals surface area contributed by atoms with Crippen LogP contribution >= 0.6 is 0 Å². The minimum absolute atomic E-state index is 0.170. The first-order valence-corrected chi connectivity index (χ1v) is 6.06. The third kappa shape index (κ3) is 4.19. The van der Waals surface area contributed by atoms with Gasteiger partial charge in [0.15, 0.2) is 0 Å². The highest BCUT2D eigenvalue weighted by atomic mass is 16.5. The summed E-state index contributed by atoms with van der Waals surface area (Å²) in [7, 11) is 1.66. The number of methoxy groups -OCH3 is 1. The van der Waals surface area contributed by atoms with Crippen LogP contribution in [0.15, 0.2) is 30.0 Å². The van der Waals surface area contributed by atoms with Crippen LogP contribution in [0.3, 0.4) is 0 Å². The summed E-state index contributed by atoms with van der Waals surface area (Å²) in [5, 5.41) is 3.50. The van der Waals surface area contributed by atoms with E-state index in [-0.39, 0.29) is 6.04 Å². The van der Waals surface area contributed by atoms with E-state index in [0.717, 1.165) is 18.5 Å². The molecule has 0 saturated carbocycles. The Morgan fingerprint density at radius 3 is 2.88 bits per heavy atom. The molecule has 0 radical (unpaired) electrons. The summed E-state index contributed by atoms with van der Waals surface area (Å²) in [6, 6.07) is 4.17. The maximum absolute atomic E-state index is 5.31. The third-order valence-corrected chi connectivity index (χ3v) is 2.44. The van der Waals surface area contributed by atoms with Gasteiger partial charge in [-0.3, -0.25) is 0 Å². The maximum Gasteiger partial charge on any atom is 0.218 e. The van der Waals surface area contributed by atoms with Crippen molar-refractivity contribution in [2.24, 2.45) is 0 Å². The molecule has 1 heterocycles. The van der Waals surface area contributed by atoms with Gasteiger partial charge in [0.2, 0.25) is 5.88 Å². The quantitative estimate of drug-likeness (QED) is 0.768. The van der Waals surface area contributed by atoms with Crippen LogP contribution in [-0.4, -0.2) is 18.6 Å². The second kappa shape index (κ2) is 7.07. The molecule has 1 atom stereocenters. The summed E-state index contributed by atoms with van der Waals surface area (Å²) >= 11 is 0. The van der Waals surface area contributed by atoms with Crippen LogP contribution in [0.25, 0.3) is 0 Å². The summed E-state index contributed by atoms with van der Waals surface area (Å²) in [6.45, 7) is 7.34. The van der Waals surface area contributed by atoms with Crippen LogP contribution in [0, 0.1) is 0 Å². The maximum atomic E-state index is 5.31. The highest BCUT2D eigenvalue weighted by Gasteiger charge is 2.13. The molecule has 17 heavy (non-hydrogen) atoms. The minimum Gasteiger partial charge on any atom is -0.481 e. The third-order valence-electron chi connectivity index (χ3n) is 2.44. The van der Waals surface area contributed by atoms with Gasteiger partial charge in [0.05, 0.1) is 13.2 Å². The highest BCUT2D eigenvalue weighted by Crippen LogP contribution is 2.24. The van der Waals surface area contributed by atoms with Gasteiger partial charge >= 0.3 is 0 Å². The Balaban J connectivity index is 2.98. The van der Waals surface area contributed by atoms with Gasteiger partial charge in [-0.15, -0.1) is 0 Å². The van der Waals surface area contributed by atoms with Gasteiger partial charge < -0.3 is 10.1 Å². The monoisotopic (exact) mass is 234 g/mol. The van der Waals surface area contributed by atoms with Gasteiger partial charge in [0.1, 0.15) is 0 Å². The molecule has 0 aliphatic carbocycles. The molecule has 0 aliphatic heterocycles. The fraction of sp³-hybridized carbons (Fsp3) is 0.500. The second-order valence-electron chi connectivity index (χ2n) is 4.28. The van der Waals surface area contributed by atoms with Gasteiger partial charge in [-0.05, 0) is 32.9 Å². The van der Waals surface area contributed by atoms with E-state index in [0.29, 0.717) is 5.88 Å². The van der Waals surface area contributed by atoms with Gasteiger partial charge in [-0.2, -0.15) is 0 Å². The molecule has 0 bridgehead atoms. The Bertz CT molecular complexity index is 370. The van der Waals surface area contributed by atoms with E-state index in [1.165, 1.54) is 5.57 Å². The number of hydrogen-bond donors (Lipinski definition) is 1. The van der Waals surface area contributed by atoms with Crippen molar-refractivity contribution < 1.29 is 4.74 Å². The Morgan fingerprint density at radius 1 is 1.53 bits per heavy atom. The molecule has 1 N–H and O–H groups in total. The molecule has 3 heteroatoms. The van der Waals surface area contributed by atoms with Crippen LogP contribution in [0.2, 0.25) is 0 Å². The number of rotatable bonds is 6. The lowest BCUT2D eigenvalue weighted by atomic mass is 10.1. The standard InChI is InChI=1S/C14H22N2O/c1-5-8-15-13(10-11(2)3)12-7-6-9-16-14(12)17-4/h6-7,9-10,13,15H,5,8H2,1-4H3. The van der Waals surface area contributed by atoms with E-state index in [4.69, 9.17) is 4.74 Å². The molecule has 1 unspecified atom stereocenters. The first-order valence-electron chi connectivity index (χ1n) is 6.06. The van der Waals surface area contributed by atoms with Crippen molar-refractivity contribution >= 4 is 0 Å². The Morgan fingerprint density at radius 2 is 2.29 bits per heavy atom. The summed E-state index contributed by atoms with van der Waals surface area (Å²) in [6.07, 6.45) is 5.06. The average Bonchev–Trinajstić information content (AvgIpc) is 2.34. The Kier molecular flexibility index (Phi) is 5.70. The number of pyridine rings is 1. The Labute approximate surface area is 104 Å². The van der Waals surface area contributed by atoms with Gasteiger partial charge in [-0.25, -0.2) is 4.98 Å². The van der Waals surface area contributed by atoms with Crippen molar-refractivity contribution in [1.29, 1.82) is 0 Å². The summed E-state index contributed by atoms with van der Waals surface area (Å²) in [5.74, 6) is 0.693. The van der Waals surface area contributed by atoms with E-state index in [1.807, 2.05) is 6.07 Å². The van der Waals surface area contributed by atoms with Crippen molar-refractivity contribution in [2.75, 3.05) is 13.7 Å². The van der Waals surface area contributed by atoms with E-state index >= 15 is 0 Å². The largest absolute Gasteiger partial charge is 0.481 e. The lowest BCUT2D eigenvalue weighted by molar-refractivity contribution is 0.387. The van der Waals surface area contributed by atoms with E-state index in [9.17, 15) is 0 Å². The summed E-state index contributed by atoms with van der Waals surface area (Å²) < 4.78 is 5.31. The van der Waals surface area contributed by atoms with Crippen LogP contribution in [-0.2, 0) is 0 Å². The van der Waals surface area contributed by atoms with E-state index in [1.54, 1.807) is 13.3 Å². The Hall–Kier alpha value is -1.35. The number of ether oxygens (including phenoxy) is 1. The summed E-state index contributed by atoms with van der Waals surface area (Å²) in [4.78, 5) is 4.24. The van der Waals surface area contributed by atoms with Crippen LogP contribution in [0.4, 0.5) is 0 Å². The number of nitrogens with one attached hydrogen (secondary N) is 1. The minimum atomic E-state index is 0.170. The van der Waals surface area contributed by atoms with Crippen LogP contribution in [0.5, 0.6) is 5.88 Å². The molecule has 1 aromatic rings. The van der Waals surface area contributed by atoms with Crippen molar-refractivity contribution in [2.45, 2.75) is 33.2 Å². The zero-order valence-electron chi connectivity index (χ0n) is 11.2. The molecule has 3 nitrogen and oxygen atoms in total. The van der Waals surface area contributed by atoms with Crippen LogP contribution in [0.1, 0.15) is 38.8 Å². The molecule has 1 aromatic heterocycles.